The van der Waals surface area contributed by atoms with Gasteiger partial charge in [-0.3, -0.25) is 9.80 Å². The number of benzene rings is 2. The van der Waals surface area contributed by atoms with Gasteiger partial charge >= 0.3 is 0 Å². The van der Waals surface area contributed by atoms with Crippen LogP contribution in [-0.4, -0.2) is 77.4 Å². The molecule has 204 valence electrons. The van der Waals surface area contributed by atoms with E-state index in [1.54, 1.807) is 17.5 Å². The zero-order valence-electron chi connectivity index (χ0n) is 22.3. The number of ether oxygens (including phenoxy) is 1. The number of nitrogens with one attached hydrogen (secondary N) is 2. The Labute approximate surface area is 237 Å². The van der Waals surface area contributed by atoms with Crippen LogP contribution in [0.3, 0.4) is 0 Å². The van der Waals surface area contributed by atoms with E-state index in [2.05, 4.69) is 67.6 Å². The summed E-state index contributed by atoms with van der Waals surface area (Å²) in [7, 11) is 0. The van der Waals surface area contributed by atoms with Crippen LogP contribution in [-0.2, 0) is 11.3 Å². The third-order valence-corrected chi connectivity index (χ3v) is 8.47. The summed E-state index contributed by atoms with van der Waals surface area (Å²) >= 11 is 1.65. The molecule has 4 heterocycles. The maximum absolute atomic E-state index is 9.84. The Kier molecular flexibility index (Phi) is 8.04. The monoisotopic (exact) mass is 552 g/mol. The van der Waals surface area contributed by atoms with Gasteiger partial charge in [-0.1, -0.05) is 18.2 Å². The first-order valence-corrected chi connectivity index (χ1v) is 14.4. The minimum absolute atomic E-state index is 0.0784. The number of aliphatic hydroxyl groups is 1. The van der Waals surface area contributed by atoms with Crippen molar-refractivity contribution in [2.75, 3.05) is 57.9 Å². The number of H-pyrrole nitrogens is 1. The van der Waals surface area contributed by atoms with Gasteiger partial charge in [0, 0.05) is 78.5 Å². The number of nitrogens with zero attached hydrogens (tertiary/aromatic N) is 4. The summed E-state index contributed by atoms with van der Waals surface area (Å²) in [6, 6.07) is 21.4. The highest BCUT2D eigenvalue weighted by Crippen LogP contribution is 2.39. The van der Waals surface area contributed by atoms with Crippen molar-refractivity contribution in [3.8, 4) is 16.5 Å². The standard InChI is InChI=1S/C31H32N6O2S/c32-19-25-20-34-31-27(30(25)35-26-4-5-28-23(17-26)6-7-33-28)18-29(40-31)24-3-1-2-22(16-24)21-37-10-8-36(9-11-37)12-14-39-15-13-38/h1-7,16-18,20,33,38H,8-15,21H2,(H,34,35). The minimum Gasteiger partial charge on any atom is -0.394 e. The van der Waals surface area contributed by atoms with E-state index in [-0.39, 0.29) is 6.61 Å². The highest BCUT2D eigenvalue weighted by Gasteiger charge is 2.18. The van der Waals surface area contributed by atoms with E-state index < -0.39 is 0 Å². The van der Waals surface area contributed by atoms with E-state index in [1.165, 1.54) is 11.1 Å². The van der Waals surface area contributed by atoms with Crippen LogP contribution in [0.4, 0.5) is 11.4 Å². The molecule has 1 aliphatic heterocycles. The average Bonchev–Trinajstić information content (AvgIpc) is 3.64. The van der Waals surface area contributed by atoms with E-state index in [9.17, 15) is 5.26 Å². The van der Waals surface area contributed by atoms with E-state index in [4.69, 9.17) is 9.84 Å². The van der Waals surface area contributed by atoms with Crippen LogP contribution in [0.5, 0.6) is 0 Å². The number of anilines is 2. The molecule has 9 heteroatoms. The van der Waals surface area contributed by atoms with Crippen molar-refractivity contribution in [2.24, 2.45) is 0 Å². The average molecular weight is 553 g/mol. The van der Waals surface area contributed by atoms with E-state index in [1.807, 2.05) is 24.4 Å². The number of hydrogen-bond acceptors (Lipinski definition) is 8. The number of nitriles is 1. The van der Waals surface area contributed by atoms with Gasteiger partial charge in [0.25, 0.3) is 0 Å². The number of pyridine rings is 1. The molecule has 0 unspecified atom stereocenters. The lowest BCUT2D eigenvalue weighted by Gasteiger charge is -2.34. The second-order valence-electron chi connectivity index (χ2n) is 10.0. The fourth-order valence-corrected chi connectivity index (χ4v) is 6.24. The summed E-state index contributed by atoms with van der Waals surface area (Å²) in [5.74, 6) is 0. The van der Waals surface area contributed by atoms with Crippen LogP contribution in [0.25, 0.3) is 31.6 Å². The molecule has 0 bridgehead atoms. The molecular formula is C31H32N6O2S. The summed E-state index contributed by atoms with van der Waals surface area (Å²) in [5.41, 5.74) is 5.79. The molecule has 0 amide bonds. The molecule has 40 heavy (non-hydrogen) atoms. The van der Waals surface area contributed by atoms with Crippen LogP contribution in [0.1, 0.15) is 11.1 Å². The Morgan fingerprint density at radius 3 is 2.77 bits per heavy atom. The van der Waals surface area contributed by atoms with Gasteiger partial charge < -0.3 is 20.1 Å². The van der Waals surface area contributed by atoms with Gasteiger partial charge in [-0.25, -0.2) is 4.98 Å². The number of fused-ring (bicyclic) bond motifs is 2. The second kappa shape index (κ2) is 12.2. The Balaban J connectivity index is 1.18. The smallest absolute Gasteiger partial charge is 0.126 e. The number of rotatable bonds is 10. The Morgan fingerprint density at radius 1 is 1.05 bits per heavy atom. The molecule has 1 fully saturated rings. The first-order valence-electron chi connectivity index (χ1n) is 13.6. The van der Waals surface area contributed by atoms with Crippen molar-refractivity contribution >= 4 is 43.8 Å². The number of aliphatic hydroxyl groups excluding tert-OH is 1. The second-order valence-corrected chi connectivity index (χ2v) is 11.1. The number of aromatic nitrogens is 2. The highest BCUT2D eigenvalue weighted by molar-refractivity contribution is 7.22. The lowest BCUT2D eigenvalue weighted by molar-refractivity contribution is 0.0564. The lowest BCUT2D eigenvalue weighted by atomic mass is 10.1. The molecule has 1 saturated heterocycles. The molecule has 0 atom stereocenters. The first kappa shape index (κ1) is 26.4. The van der Waals surface area contributed by atoms with Crippen LogP contribution in [0.15, 0.2) is 67.0 Å². The van der Waals surface area contributed by atoms with E-state index in [0.717, 1.165) is 76.6 Å². The third kappa shape index (κ3) is 5.87. The molecule has 0 spiro atoms. The van der Waals surface area contributed by atoms with E-state index in [0.29, 0.717) is 18.8 Å². The Bertz CT molecular complexity index is 1650. The van der Waals surface area contributed by atoms with Crippen molar-refractivity contribution in [1.82, 2.24) is 19.8 Å². The molecule has 8 nitrogen and oxygen atoms in total. The van der Waals surface area contributed by atoms with Crippen LogP contribution in [0.2, 0.25) is 0 Å². The topological polar surface area (TPSA) is 100 Å². The van der Waals surface area contributed by atoms with Crippen LogP contribution < -0.4 is 5.32 Å². The predicted molar refractivity (Wildman–Crippen MR) is 161 cm³/mol. The number of hydrogen-bond donors (Lipinski definition) is 3. The van der Waals surface area contributed by atoms with Gasteiger partial charge in [-0.2, -0.15) is 5.26 Å². The molecule has 2 aromatic carbocycles. The van der Waals surface area contributed by atoms with Crippen molar-refractivity contribution in [3.05, 3.63) is 78.1 Å². The predicted octanol–water partition coefficient (Wildman–Crippen LogP) is 5.19. The molecule has 0 saturated carbocycles. The van der Waals surface area contributed by atoms with Gasteiger partial charge in [0.15, 0.2) is 0 Å². The van der Waals surface area contributed by atoms with Crippen molar-refractivity contribution in [2.45, 2.75) is 6.54 Å². The quantitative estimate of drug-likeness (QED) is 0.205. The van der Waals surface area contributed by atoms with Gasteiger partial charge in [0.05, 0.1) is 31.1 Å². The Morgan fingerprint density at radius 2 is 1.93 bits per heavy atom. The van der Waals surface area contributed by atoms with Crippen molar-refractivity contribution in [3.63, 3.8) is 0 Å². The molecular weight excluding hydrogens is 520 g/mol. The number of aromatic amines is 1. The van der Waals surface area contributed by atoms with E-state index >= 15 is 0 Å². The fourth-order valence-electron chi connectivity index (χ4n) is 5.24. The minimum atomic E-state index is 0.0784. The molecule has 6 rings (SSSR count). The normalized spacial score (nSPS) is 14.6. The molecule has 3 N–H and O–H groups in total. The van der Waals surface area contributed by atoms with Crippen LogP contribution in [0, 0.1) is 11.3 Å². The maximum Gasteiger partial charge on any atom is 0.126 e. The van der Waals surface area contributed by atoms with Crippen molar-refractivity contribution < 1.29 is 9.84 Å². The molecule has 0 radical (unpaired) electrons. The van der Waals surface area contributed by atoms with Gasteiger partial charge in [-0.05, 0) is 47.5 Å². The van der Waals surface area contributed by atoms with Gasteiger partial charge in [-0.15, -0.1) is 11.3 Å². The summed E-state index contributed by atoms with van der Waals surface area (Å²) < 4.78 is 5.42. The highest BCUT2D eigenvalue weighted by atomic mass is 32.1. The maximum atomic E-state index is 9.84. The summed E-state index contributed by atoms with van der Waals surface area (Å²) in [4.78, 5) is 14.8. The zero-order valence-corrected chi connectivity index (χ0v) is 23.1. The molecule has 5 aromatic rings. The number of piperazine rings is 1. The molecule has 0 aliphatic carbocycles. The summed E-state index contributed by atoms with van der Waals surface area (Å²) in [6.07, 6.45) is 3.59. The van der Waals surface area contributed by atoms with Crippen LogP contribution >= 0.6 is 11.3 Å². The number of thiophene rings is 1. The third-order valence-electron chi connectivity index (χ3n) is 7.38. The lowest BCUT2D eigenvalue weighted by Crippen LogP contribution is -2.46. The van der Waals surface area contributed by atoms with Crippen molar-refractivity contribution in [1.29, 1.82) is 5.26 Å². The summed E-state index contributed by atoms with van der Waals surface area (Å²) in [6.45, 7) is 7.09. The zero-order chi connectivity index (χ0) is 27.3. The first-order chi connectivity index (χ1) is 19.7. The fraction of sp³-hybridized carbons (Fsp3) is 0.290. The molecule has 1 aliphatic rings. The molecule has 3 aromatic heterocycles. The Hall–Kier alpha value is -3.78. The van der Waals surface area contributed by atoms with Gasteiger partial charge in [0.1, 0.15) is 10.9 Å². The van der Waals surface area contributed by atoms with Gasteiger partial charge in [0.2, 0.25) is 0 Å². The summed E-state index contributed by atoms with van der Waals surface area (Å²) in [5, 5.41) is 24.3. The SMILES string of the molecule is N#Cc1cnc2sc(-c3cccc(CN4CCN(CCOCCO)CC4)c3)cc2c1Nc1ccc2[nH]ccc2c1. The largest absolute Gasteiger partial charge is 0.394 e.